The van der Waals surface area contributed by atoms with Crippen LogP contribution in [0.3, 0.4) is 0 Å². The van der Waals surface area contributed by atoms with Gasteiger partial charge in [0.05, 0.1) is 27.4 Å². The molecule has 0 fully saturated rings. The van der Waals surface area contributed by atoms with Gasteiger partial charge in [0.25, 0.3) is 0 Å². The molecule has 1 aromatic rings. The molecule has 0 spiro atoms. The van der Waals surface area contributed by atoms with Crippen LogP contribution in [0.15, 0.2) is 66.0 Å². The molecule has 0 aliphatic rings. The fourth-order valence-electron chi connectivity index (χ4n) is 3.47. The van der Waals surface area contributed by atoms with Crippen molar-refractivity contribution < 1.29 is 33.7 Å². The van der Waals surface area contributed by atoms with Crippen LogP contribution in [0.2, 0.25) is 0 Å². The minimum Gasteiger partial charge on any atom is -0.493 e. The molecule has 1 amide bonds. The van der Waals surface area contributed by atoms with Crippen molar-refractivity contribution in [2.75, 3.05) is 54.6 Å². The standard InChI is InChI=1S/C21H30N2O5.C6H12N2O2.C5H10.C4H11N3.C3H8.C2H2/c1-5-6-11-22-12-7-8-17(15-24)23-20(25)10-9-16-13-18(26-2)21(28-4)19(14-16)27-3;1-5(3-7-2)8-4-6(9)10;1-3-5-4-2;1-2-3-7-4(5)6;1-3-2;1-2/h5-7,12-15,17,22H,8-11H2,1-4H3,(H,23,25);7-8H,1,3-4H2,2H3,(H,9,10);3,5H,4H2,1-2H3;2-3H2,1H3,(H4,5,6,7);3H2,1-2H3;1-2H/b6-5-,12-7+;;5-3-;;;. The molecule has 0 aromatic heterocycles. The summed E-state index contributed by atoms with van der Waals surface area (Å²) in [5, 5.41) is 19.5. The minimum absolute atomic E-state index is 0.0689. The van der Waals surface area contributed by atoms with Gasteiger partial charge in [-0.1, -0.05) is 71.1 Å². The van der Waals surface area contributed by atoms with Gasteiger partial charge in [-0.05, 0) is 70.5 Å². The lowest BCUT2D eigenvalue weighted by Crippen LogP contribution is -2.35. The zero-order chi connectivity index (χ0) is 43.3. The lowest BCUT2D eigenvalue weighted by Gasteiger charge is -2.14. The quantitative estimate of drug-likeness (QED) is 0.0217. The maximum absolute atomic E-state index is 12.2. The number of nitrogens with two attached hydrogens (primary N) is 2. The summed E-state index contributed by atoms with van der Waals surface area (Å²) in [5.41, 5.74) is 11.6. The van der Waals surface area contributed by atoms with Crippen molar-refractivity contribution in [3.8, 4) is 30.1 Å². The topological polar surface area (TPSA) is 212 Å². The number of likely N-dealkylation sites (N-methyl/N-ethyl adjacent to an activating group) is 1. The lowest BCUT2D eigenvalue weighted by molar-refractivity contribution is -0.135. The summed E-state index contributed by atoms with van der Waals surface area (Å²) in [6, 6.07) is 3.07. The van der Waals surface area contributed by atoms with E-state index in [1.165, 1.54) is 13.5 Å². The van der Waals surface area contributed by atoms with Gasteiger partial charge >= 0.3 is 5.97 Å². The number of amides is 1. The van der Waals surface area contributed by atoms with E-state index in [0.29, 0.717) is 42.3 Å². The van der Waals surface area contributed by atoms with Gasteiger partial charge in [0.1, 0.15) is 12.8 Å². The third-order valence-corrected chi connectivity index (χ3v) is 5.84. The molecular weight excluding hydrogens is 702 g/mol. The highest BCUT2D eigenvalue weighted by atomic mass is 16.5. The predicted octanol–water partition coefficient (Wildman–Crippen LogP) is 5.10. The molecule has 0 aliphatic carbocycles. The van der Waals surface area contributed by atoms with Crippen molar-refractivity contribution >= 4 is 24.1 Å². The van der Waals surface area contributed by atoms with E-state index < -0.39 is 12.0 Å². The van der Waals surface area contributed by atoms with Gasteiger partial charge in [0.15, 0.2) is 17.5 Å². The van der Waals surface area contributed by atoms with E-state index in [1.54, 1.807) is 27.5 Å². The van der Waals surface area contributed by atoms with Crippen molar-refractivity contribution in [1.29, 1.82) is 0 Å². The molecule has 0 radical (unpaired) electrons. The maximum atomic E-state index is 12.2. The normalized spacial score (nSPS) is 10.0. The summed E-state index contributed by atoms with van der Waals surface area (Å²) < 4.78 is 15.9. The average Bonchev–Trinajstić information content (AvgIpc) is 3.18. The molecule has 14 heteroatoms. The van der Waals surface area contributed by atoms with Crippen LogP contribution in [-0.4, -0.2) is 89.8 Å². The third kappa shape index (κ3) is 42.9. The van der Waals surface area contributed by atoms with E-state index in [9.17, 15) is 14.4 Å². The number of aliphatic imine (C=N–C) groups is 1. The van der Waals surface area contributed by atoms with E-state index in [-0.39, 0.29) is 24.8 Å². The molecule has 55 heavy (non-hydrogen) atoms. The van der Waals surface area contributed by atoms with E-state index in [2.05, 4.69) is 78.6 Å². The number of nitrogens with one attached hydrogen (secondary N) is 4. The van der Waals surface area contributed by atoms with Crippen LogP contribution in [0.4, 0.5) is 0 Å². The molecule has 0 saturated heterocycles. The summed E-state index contributed by atoms with van der Waals surface area (Å²) in [4.78, 5) is 37.1. The molecule has 1 rings (SSSR count). The van der Waals surface area contributed by atoms with Gasteiger partial charge in [0, 0.05) is 31.8 Å². The first kappa shape index (κ1) is 58.9. The number of rotatable bonds is 21. The van der Waals surface area contributed by atoms with Crippen LogP contribution >= 0.6 is 0 Å². The number of carboxylic acid groups (broad SMARTS) is 1. The second-order valence-electron chi connectivity index (χ2n) is 10.8. The number of benzene rings is 1. The fourth-order valence-corrected chi connectivity index (χ4v) is 3.47. The highest BCUT2D eigenvalue weighted by molar-refractivity contribution is 5.80. The largest absolute Gasteiger partial charge is 0.493 e. The number of aldehydes is 1. The Kier molecular flexibility index (Phi) is 49.9. The third-order valence-electron chi connectivity index (χ3n) is 5.84. The number of carboxylic acids is 1. The number of carbonyl (C=O) groups excluding carboxylic acids is 2. The van der Waals surface area contributed by atoms with Gasteiger partial charge in [-0.25, -0.2) is 0 Å². The first-order chi connectivity index (χ1) is 26.3. The van der Waals surface area contributed by atoms with Crippen molar-refractivity contribution in [1.82, 2.24) is 21.3 Å². The number of hydrogen-bond donors (Lipinski definition) is 7. The summed E-state index contributed by atoms with van der Waals surface area (Å²) in [7, 11) is 6.40. The molecule has 0 heterocycles. The maximum Gasteiger partial charge on any atom is 0.322 e. The monoisotopic (exact) mass is 776 g/mol. The Bertz CT molecular complexity index is 1220. The summed E-state index contributed by atoms with van der Waals surface area (Å²) in [5.74, 6) is 0.700. The van der Waals surface area contributed by atoms with Crippen LogP contribution in [-0.2, 0) is 20.8 Å². The molecule has 1 aromatic carbocycles. The highest BCUT2D eigenvalue weighted by Crippen LogP contribution is 2.38. The Morgan fingerprint density at radius 2 is 1.53 bits per heavy atom. The van der Waals surface area contributed by atoms with Crippen LogP contribution in [0, 0.1) is 12.8 Å². The predicted molar refractivity (Wildman–Crippen MR) is 230 cm³/mol. The second-order valence-corrected chi connectivity index (χ2v) is 10.8. The number of terminal acetylenes is 1. The number of methoxy groups -OCH3 is 3. The van der Waals surface area contributed by atoms with Crippen LogP contribution < -0.4 is 46.9 Å². The number of guanidine groups is 1. The number of hydrogen-bond acceptors (Lipinski definition) is 10. The van der Waals surface area contributed by atoms with Gasteiger partial charge < -0.3 is 56.8 Å². The number of nitrogens with zero attached hydrogens (tertiary/aromatic N) is 1. The van der Waals surface area contributed by atoms with E-state index in [4.69, 9.17) is 30.8 Å². The number of allylic oxidation sites excluding steroid dienone is 3. The molecule has 9 N–H and O–H groups in total. The second kappa shape index (κ2) is 46.6. The van der Waals surface area contributed by atoms with Crippen molar-refractivity contribution in [3.63, 3.8) is 0 Å². The Morgan fingerprint density at radius 3 is 1.89 bits per heavy atom. The zero-order valence-corrected chi connectivity index (χ0v) is 35.2. The minimum atomic E-state index is -0.878. The number of carbonyl (C=O) groups is 3. The first-order valence-corrected chi connectivity index (χ1v) is 18.2. The summed E-state index contributed by atoms with van der Waals surface area (Å²) >= 11 is 0. The zero-order valence-electron chi connectivity index (χ0n) is 35.2. The van der Waals surface area contributed by atoms with Crippen LogP contribution in [0.1, 0.15) is 79.2 Å². The van der Waals surface area contributed by atoms with E-state index in [0.717, 1.165) is 37.8 Å². The Labute approximate surface area is 332 Å². The van der Waals surface area contributed by atoms with Crippen molar-refractivity contribution in [3.05, 3.63) is 66.6 Å². The molecule has 0 bridgehead atoms. The molecule has 0 aliphatic heterocycles. The number of ether oxygens (including phenoxy) is 3. The number of aryl methyl sites for hydroxylation is 1. The van der Waals surface area contributed by atoms with Gasteiger partial charge in [-0.3, -0.25) is 14.6 Å². The van der Waals surface area contributed by atoms with Crippen molar-refractivity contribution in [2.24, 2.45) is 16.5 Å². The van der Waals surface area contributed by atoms with Gasteiger partial charge in [0.2, 0.25) is 11.7 Å². The molecule has 1 unspecified atom stereocenters. The molecule has 314 valence electrons. The Balaban J connectivity index is -0.000000250. The van der Waals surface area contributed by atoms with E-state index >= 15 is 0 Å². The smallest absolute Gasteiger partial charge is 0.322 e. The molecule has 1 atom stereocenters. The van der Waals surface area contributed by atoms with Gasteiger partial charge in [-0.2, -0.15) is 0 Å². The van der Waals surface area contributed by atoms with Crippen LogP contribution in [0.5, 0.6) is 17.2 Å². The Hall–Kier alpha value is -5.42. The van der Waals surface area contributed by atoms with Gasteiger partial charge in [-0.15, -0.1) is 12.8 Å². The Morgan fingerprint density at radius 1 is 0.964 bits per heavy atom. The lowest BCUT2D eigenvalue weighted by atomic mass is 10.1. The van der Waals surface area contributed by atoms with E-state index in [1.807, 2.05) is 51.1 Å². The summed E-state index contributed by atoms with van der Waals surface area (Å²) in [6.45, 7) is 17.9. The number of aliphatic carboxylic acids is 1. The highest BCUT2D eigenvalue weighted by Gasteiger charge is 2.15. The average molecular weight is 776 g/mol. The SMILES string of the molecule is C#C.C/C=C\CC.C/C=C\CN/C=C/CC(C=O)NC(=O)CCc1cc(OC)c(OC)c(OC)c1.C=C(CNC)NCC(=O)O.CCC.CCCN=C(N)N. The first-order valence-electron chi connectivity index (χ1n) is 18.2. The summed E-state index contributed by atoms with van der Waals surface area (Å²) in [6.07, 6.45) is 25.0. The molecule has 0 saturated carbocycles. The fraction of sp³-hybridized carbons (Fsp3) is 0.512. The van der Waals surface area contributed by atoms with Crippen molar-refractivity contribution in [2.45, 2.75) is 86.1 Å². The molecule has 14 nitrogen and oxygen atoms in total. The van der Waals surface area contributed by atoms with Crippen LogP contribution in [0.25, 0.3) is 0 Å². The molecular formula is C41H73N7O7.